The van der Waals surface area contributed by atoms with Crippen LogP contribution in [0.5, 0.6) is 0 Å². The van der Waals surface area contributed by atoms with Gasteiger partial charge in [-0.2, -0.15) is 0 Å². The molecule has 9 rings (SSSR count). The number of ketones is 3. The van der Waals surface area contributed by atoms with E-state index in [1.54, 1.807) is 0 Å². The van der Waals surface area contributed by atoms with Crippen LogP contribution < -0.4 is 0 Å². The van der Waals surface area contributed by atoms with E-state index in [4.69, 9.17) is 0 Å². The number of carbonyl (C=O) groups is 3. The fraction of sp³-hybridized carbons (Fsp3) is 0.551. The molecule has 0 amide bonds. The molecule has 0 saturated carbocycles. The van der Waals surface area contributed by atoms with Gasteiger partial charge in [-0.25, -0.2) is 0 Å². The van der Waals surface area contributed by atoms with Gasteiger partial charge in [-0.05, 0) is 99.8 Å². The molecule has 6 aliphatic rings. The lowest BCUT2D eigenvalue weighted by atomic mass is 9.82. The molecular weight excluding hydrogens is 1020 g/mol. The lowest BCUT2D eigenvalue weighted by Crippen LogP contribution is -2.19. The van der Waals surface area contributed by atoms with Gasteiger partial charge in [-0.1, -0.05) is 41.5 Å². The SMILES string of the molecule is CC(C)C(=O)c1c2c(c([C](c3c4c(c(C(=O)C(C)C)c5c3SC(C)(C)S5)SC(C)(C)S4)c3c4c(c(C(=O)C(C)C)c5c3SC(C)(C)S5)SC(C)(C)S4)c3c1SC(C)(C)S3)SC(C)(C)S2. The van der Waals surface area contributed by atoms with Crippen LogP contribution in [0.4, 0.5) is 0 Å². The molecule has 0 spiro atoms. The van der Waals surface area contributed by atoms with Crippen LogP contribution >= 0.6 is 141 Å². The van der Waals surface area contributed by atoms with Crippen molar-refractivity contribution in [1.82, 2.24) is 0 Å². The molecule has 0 N–H and O–H groups in total. The highest BCUT2D eigenvalue weighted by Gasteiger charge is 2.54. The van der Waals surface area contributed by atoms with E-state index < -0.39 is 0 Å². The van der Waals surface area contributed by atoms with Crippen molar-refractivity contribution in [2.75, 3.05) is 0 Å². The van der Waals surface area contributed by atoms with E-state index in [0.717, 1.165) is 46.1 Å². The lowest BCUT2D eigenvalue weighted by molar-refractivity contribution is 0.0925. The average molecular weight is 1080 g/mol. The molecular formula is C49H57O3S12. The fourth-order valence-corrected chi connectivity index (χ4v) is 26.6. The summed E-state index contributed by atoms with van der Waals surface area (Å²) in [7, 11) is 0. The molecule has 6 heterocycles. The Morgan fingerprint density at radius 1 is 0.266 bits per heavy atom. The Morgan fingerprint density at radius 3 is 0.516 bits per heavy atom. The third-order valence-electron chi connectivity index (χ3n) is 11.2. The van der Waals surface area contributed by atoms with Crippen LogP contribution in [0.25, 0.3) is 0 Å². The van der Waals surface area contributed by atoms with Gasteiger partial charge < -0.3 is 0 Å². The predicted octanol–water partition coefficient (Wildman–Crippen LogP) is 18.8. The van der Waals surface area contributed by atoms with Crippen LogP contribution in [0.2, 0.25) is 0 Å². The summed E-state index contributed by atoms with van der Waals surface area (Å²) in [5.41, 5.74) is 6.37. The second kappa shape index (κ2) is 16.5. The Bertz CT molecular complexity index is 2210. The van der Waals surface area contributed by atoms with E-state index in [0.29, 0.717) is 0 Å². The maximum Gasteiger partial charge on any atom is 0.167 e. The van der Waals surface area contributed by atoms with E-state index in [2.05, 4.69) is 83.1 Å². The fourth-order valence-electron chi connectivity index (χ4n) is 8.82. The molecule has 0 saturated heterocycles. The van der Waals surface area contributed by atoms with Gasteiger partial charge in [-0.15, -0.1) is 141 Å². The summed E-state index contributed by atoms with van der Waals surface area (Å²) in [6.07, 6.45) is 0. The van der Waals surface area contributed by atoms with Crippen molar-refractivity contribution in [2.24, 2.45) is 17.8 Å². The van der Waals surface area contributed by atoms with Crippen molar-refractivity contribution in [2.45, 2.75) is 208 Å². The molecule has 15 heteroatoms. The van der Waals surface area contributed by atoms with Crippen molar-refractivity contribution in [3.05, 3.63) is 39.3 Å². The van der Waals surface area contributed by atoms with Gasteiger partial charge >= 0.3 is 0 Å². The molecule has 0 fully saturated rings. The lowest BCUT2D eigenvalue weighted by Gasteiger charge is -2.31. The maximum atomic E-state index is 14.8. The Hall–Kier alpha value is 0.870. The second-order valence-corrected chi connectivity index (χ2v) is 41.9. The zero-order valence-electron chi connectivity index (χ0n) is 39.9. The molecule has 0 atom stereocenters. The van der Waals surface area contributed by atoms with Crippen LogP contribution in [0.15, 0.2) is 58.7 Å². The number of hydrogen-bond acceptors (Lipinski definition) is 15. The first-order chi connectivity index (χ1) is 29.3. The third-order valence-corrected chi connectivity index (χ3v) is 28.2. The smallest absolute Gasteiger partial charge is 0.167 e. The van der Waals surface area contributed by atoms with Crippen molar-refractivity contribution in [3.8, 4) is 0 Å². The van der Waals surface area contributed by atoms with E-state index in [1.165, 1.54) is 52.0 Å². The highest BCUT2D eigenvalue weighted by Crippen LogP contribution is 2.75. The Kier molecular flexibility index (Phi) is 12.8. The summed E-state index contributed by atoms with van der Waals surface area (Å²) >= 11 is 22.6. The number of Topliss-reactive ketones (excluding diaryl/α,β-unsaturated/α-hetero) is 3. The molecule has 3 aromatic carbocycles. The highest BCUT2D eigenvalue weighted by atomic mass is 32.2. The van der Waals surface area contributed by atoms with Crippen LogP contribution in [-0.4, -0.2) is 41.8 Å². The van der Waals surface area contributed by atoms with Gasteiger partial charge in [0.15, 0.2) is 17.3 Å². The number of thioether (sulfide) groups is 12. The van der Waals surface area contributed by atoms with Crippen LogP contribution in [0, 0.1) is 23.7 Å². The Balaban J connectivity index is 1.54. The van der Waals surface area contributed by atoms with Crippen LogP contribution in [0.3, 0.4) is 0 Å². The summed E-state index contributed by atoms with van der Waals surface area (Å²) in [5.74, 6) is 1.38. The minimum atomic E-state index is -0.221. The first kappa shape index (κ1) is 49.8. The average Bonchev–Trinajstić information content (AvgIpc) is 3.95. The minimum absolute atomic E-state index is 0.154. The van der Waals surface area contributed by atoms with Crippen molar-refractivity contribution in [3.63, 3.8) is 0 Å². The van der Waals surface area contributed by atoms with Gasteiger partial charge in [0.1, 0.15) is 0 Å². The standard InChI is InChI=1S/C49H57O3S12/c1-19(2)29(50)26-38-32(53-44(7,8)59-38)23(33-39(26)60-45(9,10)54-33)22(24-34-40(61-46(11,12)55-34)27(30(51)20(3)4)41-35(24)56-47(13,14)62-41)25-36-42(63-48(15,16)57-36)28(31(52)21(5)6)43-37(25)58-49(17,18)64-43/h19-21H,1-18H3. The van der Waals surface area contributed by atoms with Gasteiger partial charge in [0.05, 0.1) is 30.4 Å². The summed E-state index contributed by atoms with van der Waals surface area (Å²) in [6.45, 7) is 40.0. The predicted molar refractivity (Wildman–Crippen MR) is 292 cm³/mol. The maximum absolute atomic E-state index is 14.8. The molecule has 0 bridgehead atoms. The quantitative estimate of drug-likeness (QED) is 0.151. The number of benzene rings is 3. The number of hydrogen-bond donors (Lipinski definition) is 0. The van der Waals surface area contributed by atoms with Gasteiger partial charge in [-0.3, -0.25) is 14.4 Å². The molecule has 6 aliphatic heterocycles. The third kappa shape index (κ3) is 8.44. The minimum Gasteiger partial charge on any atom is -0.294 e. The molecule has 0 aromatic heterocycles. The van der Waals surface area contributed by atoms with Gasteiger partial charge in [0, 0.05) is 93.2 Å². The molecule has 343 valence electrons. The topological polar surface area (TPSA) is 51.2 Å². The van der Waals surface area contributed by atoms with Gasteiger partial charge in [0.25, 0.3) is 0 Å². The first-order valence-electron chi connectivity index (χ1n) is 21.8. The Morgan fingerprint density at radius 2 is 0.391 bits per heavy atom. The Labute approximate surface area is 433 Å². The number of rotatable bonds is 9. The van der Waals surface area contributed by atoms with Crippen molar-refractivity contribution in [1.29, 1.82) is 0 Å². The molecule has 0 aliphatic carbocycles. The zero-order chi connectivity index (χ0) is 46.9. The van der Waals surface area contributed by atoms with Crippen LogP contribution in [-0.2, 0) is 0 Å². The summed E-state index contributed by atoms with van der Waals surface area (Å²) in [4.78, 5) is 58.2. The molecule has 0 unspecified atom stereocenters. The largest absolute Gasteiger partial charge is 0.294 e. The van der Waals surface area contributed by atoms with Gasteiger partial charge in [0.2, 0.25) is 0 Å². The van der Waals surface area contributed by atoms with Crippen molar-refractivity contribution < 1.29 is 14.4 Å². The molecule has 3 nitrogen and oxygen atoms in total. The normalized spacial score (nSPS) is 22.0. The molecule has 1 radical (unpaired) electrons. The van der Waals surface area contributed by atoms with Crippen LogP contribution in [0.1, 0.15) is 172 Å². The first-order valence-corrected chi connectivity index (χ1v) is 31.6. The highest BCUT2D eigenvalue weighted by molar-refractivity contribution is 8.23. The number of fused-ring (bicyclic) bond motifs is 6. The second-order valence-electron chi connectivity index (χ2n) is 20.8. The van der Waals surface area contributed by atoms with E-state index in [-0.39, 0.29) is 59.6 Å². The number of carbonyl (C=O) groups excluding carboxylic acids is 3. The van der Waals surface area contributed by atoms with E-state index in [9.17, 15) is 14.4 Å². The van der Waals surface area contributed by atoms with Crippen molar-refractivity contribution >= 4 is 158 Å². The summed E-state index contributed by atoms with van der Waals surface area (Å²) in [6, 6.07) is 0. The molecule has 64 heavy (non-hydrogen) atoms. The van der Waals surface area contributed by atoms with E-state index in [1.807, 2.05) is 183 Å². The zero-order valence-corrected chi connectivity index (χ0v) is 49.7. The monoisotopic (exact) mass is 1080 g/mol. The summed E-state index contributed by atoms with van der Waals surface area (Å²) < 4.78 is -1.33. The molecule has 3 aromatic rings. The van der Waals surface area contributed by atoms with E-state index >= 15 is 0 Å². The summed E-state index contributed by atoms with van der Waals surface area (Å²) in [5, 5.41) is 0.